The van der Waals surface area contributed by atoms with Crippen LogP contribution in [0.2, 0.25) is 0 Å². The molecule has 0 N–H and O–H groups in total. The quantitative estimate of drug-likeness (QED) is 0.688. The van der Waals surface area contributed by atoms with Gasteiger partial charge in [-0.05, 0) is 30.2 Å². The maximum absolute atomic E-state index is 12.0. The molecular weight excluding hydrogens is 206 g/mol. The molecule has 3 heteroatoms. The molecule has 0 saturated heterocycles. The van der Waals surface area contributed by atoms with Gasteiger partial charge in [0.15, 0.2) is 0 Å². The highest BCUT2D eigenvalue weighted by molar-refractivity contribution is 7.98. The number of nitrogens with zero attached hydrogens (tertiary/aromatic N) is 1. The monoisotopic (exact) mass is 219 g/mol. The average molecular weight is 219 g/mol. The fraction of sp³-hybridized carbons (Fsp3) is 0.250. The van der Waals surface area contributed by atoms with Gasteiger partial charge in [0.25, 0.3) is 5.56 Å². The van der Waals surface area contributed by atoms with E-state index in [1.165, 1.54) is 5.56 Å². The maximum Gasteiger partial charge on any atom is 0.259 e. The molecular formula is C12H13NOS. The lowest BCUT2D eigenvalue weighted by Gasteiger charge is -2.11. The maximum atomic E-state index is 12.0. The third kappa shape index (κ3) is 1.47. The molecule has 2 rings (SSSR count). The molecule has 0 saturated carbocycles. The SMILES string of the molecule is CSc1c(C)c2ccccc2c(=O)n1C. The number of thioether (sulfide) groups is 1. The van der Waals surface area contributed by atoms with E-state index in [0.29, 0.717) is 0 Å². The molecule has 0 atom stereocenters. The first-order valence-electron chi connectivity index (χ1n) is 4.79. The van der Waals surface area contributed by atoms with Crippen LogP contribution < -0.4 is 5.56 Å². The van der Waals surface area contributed by atoms with E-state index in [1.807, 2.05) is 37.6 Å². The summed E-state index contributed by atoms with van der Waals surface area (Å²) < 4.78 is 1.72. The molecule has 0 spiro atoms. The number of benzene rings is 1. The number of aromatic nitrogens is 1. The number of fused-ring (bicyclic) bond motifs is 1. The van der Waals surface area contributed by atoms with Crippen LogP contribution in [0.4, 0.5) is 0 Å². The lowest BCUT2D eigenvalue weighted by Crippen LogP contribution is -2.19. The van der Waals surface area contributed by atoms with Crippen LogP contribution in [-0.4, -0.2) is 10.8 Å². The first-order chi connectivity index (χ1) is 7.16. The summed E-state index contributed by atoms with van der Waals surface area (Å²) in [5.41, 5.74) is 1.26. The molecule has 0 aliphatic heterocycles. The number of pyridine rings is 1. The number of hydrogen-bond donors (Lipinski definition) is 0. The molecule has 0 radical (unpaired) electrons. The van der Waals surface area contributed by atoms with Gasteiger partial charge in [-0.2, -0.15) is 0 Å². The van der Waals surface area contributed by atoms with Crippen molar-refractivity contribution < 1.29 is 0 Å². The zero-order valence-electron chi connectivity index (χ0n) is 9.07. The van der Waals surface area contributed by atoms with E-state index in [9.17, 15) is 4.79 Å². The first-order valence-corrected chi connectivity index (χ1v) is 6.01. The van der Waals surface area contributed by atoms with Gasteiger partial charge in [0.1, 0.15) is 0 Å². The minimum atomic E-state index is 0.0838. The zero-order chi connectivity index (χ0) is 11.0. The van der Waals surface area contributed by atoms with Crippen molar-refractivity contribution in [2.24, 2.45) is 7.05 Å². The van der Waals surface area contributed by atoms with Crippen LogP contribution in [-0.2, 0) is 7.05 Å². The second-order valence-corrected chi connectivity index (χ2v) is 4.34. The minimum absolute atomic E-state index is 0.0838. The summed E-state index contributed by atoms with van der Waals surface area (Å²) in [5, 5.41) is 2.90. The lowest BCUT2D eigenvalue weighted by atomic mass is 10.1. The predicted molar refractivity (Wildman–Crippen MR) is 65.7 cm³/mol. The van der Waals surface area contributed by atoms with E-state index in [2.05, 4.69) is 6.92 Å². The van der Waals surface area contributed by atoms with Crippen LogP contribution >= 0.6 is 11.8 Å². The summed E-state index contributed by atoms with van der Waals surface area (Å²) >= 11 is 1.61. The first kappa shape index (κ1) is 10.3. The van der Waals surface area contributed by atoms with Gasteiger partial charge in [-0.1, -0.05) is 18.2 Å². The molecule has 1 heterocycles. The summed E-state index contributed by atoms with van der Waals surface area (Å²) in [7, 11) is 1.83. The molecule has 78 valence electrons. The van der Waals surface area contributed by atoms with Gasteiger partial charge in [0.2, 0.25) is 0 Å². The van der Waals surface area contributed by atoms with Crippen LogP contribution in [0.5, 0.6) is 0 Å². The molecule has 0 fully saturated rings. The molecule has 0 unspecified atom stereocenters. The van der Waals surface area contributed by atoms with E-state index < -0.39 is 0 Å². The van der Waals surface area contributed by atoms with E-state index >= 15 is 0 Å². The van der Waals surface area contributed by atoms with Gasteiger partial charge in [0.05, 0.1) is 5.03 Å². The smallest absolute Gasteiger partial charge is 0.259 e. The van der Waals surface area contributed by atoms with Crippen molar-refractivity contribution in [2.45, 2.75) is 11.9 Å². The van der Waals surface area contributed by atoms with Crippen molar-refractivity contribution in [3.63, 3.8) is 0 Å². The van der Waals surface area contributed by atoms with Crippen LogP contribution in [0, 0.1) is 6.92 Å². The van der Waals surface area contributed by atoms with Crippen molar-refractivity contribution >= 4 is 22.5 Å². The summed E-state index contributed by atoms with van der Waals surface area (Å²) in [5.74, 6) is 0. The largest absolute Gasteiger partial charge is 0.306 e. The van der Waals surface area contributed by atoms with Crippen molar-refractivity contribution in [1.82, 2.24) is 4.57 Å². The highest BCUT2D eigenvalue weighted by Gasteiger charge is 2.09. The molecule has 0 aliphatic carbocycles. The van der Waals surface area contributed by atoms with Gasteiger partial charge in [0, 0.05) is 12.4 Å². The molecule has 0 aliphatic rings. The Morgan fingerprint density at radius 2 is 1.80 bits per heavy atom. The second-order valence-electron chi connectivity index (χ2n) is 3.54. The summed E-state index contributed by atoms with van der Waals surface area (Å²) in [6, 6.07) is 7.77. The molecule has 1 aromatic heterocycles. The summed E-state index contributed by atoms with van der Waals surface area (Å²) in [4.78, 5) is 12.0. The Balaban J connectivity index is 3.03. The highest BCUT2D eigenvalue weighted by Crippen LogP contribution is 2.24. The Kier molecular flexibility index (Phi) is 2.57. The third-order valence-corrected chi connectivity index (χ3v) is 3.65. The molecule has 2 nitrogen and oxygen atoms in total. The van der Waals surface area contributed by atoms with Gasteiger partial charge >= 0.3 is 0 Å². The predicted octanol–water partition coefficient (Wildman–Crippen LogP) is 2.57. The molecule has 15 heavy (non-hydrogen) atoms. The van der Waals surface area contributed by atoms with E-state index in [-0.39, 0.29) is 5.56 Å². The summed E-state index contributed by atoms with van der Waals surface area (Å²) in [6.07, 6.45) is 2.00. The zero-order valence-corrected chi connectivity index (χ0v) is 9.89. The van der Waals surface area contributed by atoms with Gasteiger partial charge < -0.3 is 4.57 Å². The normalized spacial score (nSPS) is 10.9. The Bertz CT molecular complexity index is 572. The van der Waals surface area contributed by atoms with Crippen molar-refractivity contribution in [3.05, 3.63) is 40.2 Å². The van der Waals surface area contributed by atoms with Crippen LogP contribution in [0.25, 0.3) is 10.8 Å². The van der Waals surface area contributed by atoms with Crippen LogP contribution in [0.15, 0.2) is 34.1 Å². The van der Waals surface area contributed by atoms with E-state index in [0.717, 1.165) is 15.8 Å². The number of rotatable bonds is 1. The Labute approximate surface area is 92.9 Å². The second kappa shape index (κ2) is 3.74. The van der Waals surface area contributed by atoms with Gasteiger partial charge in [-0.3, -0.25) is 4.79 Å². The van der Waals surface area contributed by atoms with Crippen molar-refractivity contribution in [3.8, 4) is 0 Å². The van der Waals surface area contributed by atoms with Crippen molar-refractivity contribution in [2.75, 3.05) is 6.26 Å². The minimum Gasteiger partial charge on any atom is -0.306 e. The molecule has 1 aromatic carbocycles. The molecule has 2 aromatic rings. The van der Waals surface area contributed by atoms with Crippen LogP contribution in [0.1, 0.15) is 5.56 Å². The summed E-state index contributed by atoms with van der Waals surface area (Å²) in [6.45, 7) is 2.06. The van der Waals surface area contributed by atoms with Crippen LogP contribution in [0.3, 0.4) is 0 Å². The number of aryl methyl sites for hydroxylation is 1. The highest BCUT2D eigenvalue weighted by atomic mass is 32.2. The fourth-order valence-corrected chi connectivity index (χ4v) is 2.70. The Morgan fingerprint density at radius 3 is 2.40 bits per heavy atom. The Morgan fingerprint density at radius 1 is 1.20 bits per heavy atom. The lowest BCUT2D eigenvalue weighted by molar-refractivity contribution is 0.766. The Hall–Kier alpha value is -1.22. The van der Waals surface area contributed by atoms with E-state index in [4.69, 9.17) is 0 Å². The standard InChI is InChI=1S/C12H13NOS/c1-8-9-6-4-5-7-10(9)11(14)13(2)12(8)15-3/h4-7H,1-3H3. The van der Waals surface area contributed by atoms with E-state index in [1.54, 1.807) is 16.3 Å². The molecule has 0 amide bonds. The topological polar surface area (TPSA) is 22.0 Å². The number of hydrogen-bond acceptors (Lipinski definition) is 2. The fourth-order valence-electron chi connectivity index (χ4n) is 1.93. The van der Waals surface area contributed by atoms with Crippen molar-refractivity contribution in [1.29, 1.82) is 0 Å². The molecule has 0 bridgehead atoms. The van der Waals surface area contributed by atoms with Gasteiger partial charge in [-0.25, -0.2) is 0 Å². The van der Waals surface area contributed by atoms with Gasteiger partial charge in [-0.15, -0.1) is 11.8 Å². The third-order valence-electron chi connectivity index (χ3n) is 2.68. The average Bonchev–Trinajstić information content (AvgIpc) is 2.27.